The highest BCUT2D eigenvalue weighted by Crippen LogP contribution is 2.14. The maximum atomic E-state index is 11.9. The summed E-state index contributed by atoms with van der Waals surface area (Å²) in [6.07, 6.45) is 1.59. The van der Waals surface area contributed by atoms with Crippen LogP contribution in [-0.2, 0) is 11.2 Å². The number of hydrogen-bond acceptors (Lipinski definition) is 4. The van der Waals surface area contributed by atoms with Crippen LogP contribution in [0, 0.1) is 0 Å². The molecule has 1 aromatic carbocycles. The number of carbonyl (C=O) groups excluding carboxylic acids is 1. The smallest absolute Gasteiger partial charge is 0.270 e. The number of nitrogens with one attached hydrogen (secondary N) is 1. The Morgan fingerprint density at radius 2 is 2.14 bits per heavy atom. The zero-order valence-electron chi connectivity index (χ0n) is 12.2. The third-order valence-electron chi connectivity index (χ3n) is 2.94. The Hall–Kier alpha value is -1.72. The quantitative estimate of drug-likeness (QED) is 0.763. The molecule has 0 aliphatic heterocycles. The molecule has 1 amide bonds. The lowest BCUT2D eigenvalue weighted by atomic mass is 10.2. The van der Waals surface area contributed by atoms with Crippen LogP contribution >= 0.6 is 11.3 Å². The van der Waals surface area contributed by atoms with Gasteiger partial charge in [-0.05, 0) is 18.9 Å². The Morgan fingerprint density at radius 1 is 1.33 bits per heavy atom. The molecule has 1 aromatic heterocycles. The largest absolute Gasteiger partial charge is 0.382 e. The van der Waals surface area contributed by atoms with E-state index in [-0.39, 0.29) is 5.91 Å². The van der Waals surface area contributed by atoms with Gasteiger partial charge in [0, 0.05) is 31.6 Å². The highest BCUT2D eigenvalue weighted by molar-refractivity contribution is 7.09. The van der Waals surface area contributed by atoms with Crippen molar-refractivity contribution in [2.24, 2.45) is 0 Å². The first-order valence-corrected chi connectivity index (χ1v) is 8.02. The summed E-state index contributed by atoms with van der Waals surface area (Å²) in [5.41, 5.74) is 1.71. The van der Waals surface area contributed by atoms with E-state index in [0.717, 1.165) is 17.8 Å². The van der Waals surface area contributed by atoms with Crippen molar-refractivity contribution in [3.63, 3.8) is 0 Å². The van der Waals surface area contributed by atoms with Gasteiger partial charge >= 0.3 is 0 Å². The van der Waals surface area contributed by atoms with Crippen molar-refractivity contribution >= 4 is 17.2 Å². The summed E-state index contributed by atoms with van der Waals surface area (Å²) in [6, 6.07) is 10.1. The normalized spacial score (nSPS) is 10.5. The molecule has 112 valence electrons. The van der Waals surface area contributed by atoms with E-state index in [4.69, 9.17) is 4.74 Å². The maximum absolute atomic E-state index is 11.9. The molecule has 2 rings (SSSR count). The van der Waals surface area contributed by atoms with Gasteiger partial charge in [-0.2, -0.15) is 0 Å². The molecule has 0 saturated carbocycles. The number of rotatable bonds is 8. The summed E-state index contributed by atoms with van der Waals surface area (Å²) in [6.45, 7) is 3.96. The standard InChI is InChI=1S/C16H20N2O2S/c1-2-20-10-6-9-17-16(19)14-12-21-15(18-14)11-13-7-4-3-5-8-13/h3-5,7-8,12H,2,6,9-11H2,1H3,(H,17,19). The van der Waals surface area contributed by atoms with E-state index in [2.05, 4.69) is 22.4 Å². The van der Waals surface area contributed by atoms with Gasteiger partial charge < -0.3 is 10.1 Å². The van der Waals surface area contributed by atoms with E-state index >= 15 is 0 Å². The van der Waals surface area contributed by atoms with Crippen LogP contribution in [0.3, 0.4) is 0 Å². The molecule has 0 saturated heterocycles. The average molecular weight is 304 g/mol. The lowest BCUT2D eigenvalue weighted by Gasteiger charge is -2.03. The summed E-state index contributed by atoms with van der Waals surface area (Å²) in [4.78, 5) is 16.3. The van der Waals surface area contributed by atoms with Gasteiger partial charge in [0.25, 0.3) is 5.91 Å². The van der Waals surface area contributed by atoms with E-state index in [1.54, 1.807) is 0 Å². The van der Waals surface area contributed by atoms with Crippen LogP contribution in [0.25, 0.3) is 0 Å². The molecular weight excluding hydrogens is 284 g/mol. The molecule has 21 heavy (non-hydrogen) atoms. The lowest BCUT2D eigenvalue weighted by molar-refractivity contribution is 0.0940. The van der Waals surface area contributed by atoms with E-state index in [1.165, 1.54) is 16.9 Å². The van der Waals surface area contributed by atoms with Crippen molar-refractivity contribution in [2.45, 2.75) is 19.8 Å². The number of nitrogens with zero attached hydrogens (tertiary/aromatic N) is 1. The van der Waals surface area contributed by atoms with Crippen molar-refractivity contribution < 1.29 is 9.53 Å². The molecule has 1 heterocycles. The van der Waals surface area contributed by atoms with Gasteiger partial charge in [0.15, 0.2) is 0 Å². The second-order valence-electron chi connectivity index (χ2n) is 4.60. The van der Waals surface area contributed by atoms with Crippen LogP contribution in [0.4, 0.5) is 0 Å². The fraction of sp³-hybridized carbons (Fsp3) is 0.375. The van der Waals surface area contributed by atoms with Gasteiger partial charge in [-0.3, -0.25) is 4.79 Å². The summed E-state index contributed by atoms with van der Waals surface area (Å²) in [7, 11) is 0. The molecule has 0 fully saturated rings. The molecule has 0 atom stereocenters. The number of hydrogen-bond donors (Lipinski definition) is 1. The molecular formula is C16H20N2O2S. The minimum absolute atomic E-state index is 0.109. The van der Waals surface area contributed by atoms with Crippen molar-refractivity contribution in [1.82, 2.24) is 10.3 Å². The number of amides is 1. The molecule has 0 unspecified atom stereocenters. The van der Waals surface area contributed by atoms with E-state index in [9.17, 15) is 4.79 Å². The van der Waals surface area contributed by atoms with Crippen LogP contribution < -0.4 is 5.32 Å². The van der Waals surface area contributed by atoms with E-state index < -0.39 is 0 Å². The van der Waals surface area contributed by atoms with Gasteiger partial charge in [-0.1, -0.05) is 30.3 Å². The molecule has 2 aromatic rings. The van der Waals surface area contributed by atoms with Gasteiger partial charge in [-0.15, -0.1) is 11.3 Å². The van der Waals surface area contributed by atoms with Crippen LogP contribution in [0.15, 0.2) is 35.7 Å². The predicted molar refractivity (Wildman–Crippen MR) is 84.8 cm³/mol. The molecule has 0 radical (unpaired) electrons. The molecule has 4 nitrogen and oxygen atoms in total. The van der Waals surface area contributed by atoms with Gasteiger partial charge in [0.1, 0.15) is 5.69 Å². The number of carbonyl (C=O) groups is 1. The third kappa shape index (κ3) is 5.28. The number of ether oxygens (including phenoxy) is 1. The first kappa shape index (κ1) is 15.7. The first-order valence-electron chi connectivity index (χ1n) is 7.14. The second kappa shape index (κ2) is 8.54. The Labute approximate surface area is 129 Å². The zero-order valence-corrected chi connectivity index (χ0v) is 13.0. The third-order valence-corrected chi connectivity index (χ3v) is 3.79. The minimum atomic E-state index is -0.109. The minimum Gasteiger partial charge on any atom is -0.382 e. The van der Waals surface area contributed by atoms with Gasteiger partial charge in [0.2, 0.25) is 0 Å². The highest BCUT2D eigenvalue weighted by Gasteiger charge is 2.10. The van der Waals surface area contributed by atoms with Crippen LogP contribution in [0.1, 0.15) is 34.4 Å². The molecule has 0 aliphatic carbocycles. The van der Waals surface area contributed by atoms with Gasteiger partial charge in [0.05, 0.1) is 5.01 Å². The maximum Gasteiger partial charge on any atom is 0.270 e. The van der Waals surface area contributed by atoms with E-state index in [1.807, 2.05) is 30.5 Å². The number of benzene rings is 1. The Kier molecular flexibility index (Phi) is 6.37. The van der Waals surface area contributed by atoms with Crippen molar-refractivity contribution in [3.8, 4) is 0 Å². The fourth-order valence-corrected chi connectivity index (χ4v) is 2.69. The molecule has 0 aliphatic rings. The van der Waals surface area contributed by atoms with Gasteiger partial charge in [-0.25, -0.2) is 4.98 Å². The second-order valence-corrected chi connectivity index (χ2v) is 5.54. The molecule has 0 bridgehead atoms. The fourth-order valence-electron chi connectivity index (χ4n) is 1.88. The molecule has 0 spiro atoms. The summed E-state index contributed by atoms with van der Waals surface area (Å²) in [5.74, 6) is -0.109. The monoisotopic (exact) mass is 304 g/mol. The number of thiazole rings is 1. The zero-order chi connectivity index (χ0) is 14.9. The van der Waals surface area contributed by atoms with Crippen molar-refractivity contribution in [2.75, 3.05) is 19.8 Å². The Balaban J connectivity index is 1.80. The summed E-state index contributed by atoms with van der Waals surface area (Å²) < 4.78 is 5.23. The lowest BCUT2D eigenvalue weighted by Crippen LogP contribution is -2.25. The van der Waals surface area contributed by atoms with Crippen LogP contribution in [0.5, 0.6) is 0 Å². The Bertz CT molecular complexity index is 554. The first-order chi connectivity index (χ1) is 10.3. The molecule has 5 heteroatoms. The summed E-state index contributed by atoms with van der Waals surface area (Å²) in [5, 5.41) is 5.63. The van der Waals surface area contributed by atoms with E-state index in [0.29, 0.717) is 25.5 Å². The van der Waals surface area contributed by atoms with Crippen LogP contribution in [0.2, 0.25) is 0 Å². The SMILES string of the molecule is CCOCCCNC(=O)c1csc(Cc2ccccc2)n1. The topological polar surface area (TPSA) is 51.2 Å². The van der Waals surface area contributed by atoms with Crippen molar-refractivity contribution in [3.05, 3.63) is 52.0 Å². The average Bonchev–Trinajstić information content (AvgIpc) is 2.96. The van der Waals surface area contributed by atoms with Crippen molar-refractivity contribution in [1.29, 1.82) is 0 Å². The Morgan fingerprint density at radius 3 is 2.90 bits per heavy atom. The predicted octanol–water partition coefficient (Wildman–Crippen LogP) is 2.89. The highest BCUT2D eigenvalue weighted by atomic mass is 32.1. The molecule has 1 N–H and O–H groups in total. The summed E-state index contributed by atoms with van der Waals surface area (Å²) >= 11 is 1.52. The number of aromatic nitrogens is 1. The van der Waals surface area contributed by atoms with Crippen LogP contribution in [-0.4, -0.2) is 30.6 Å².